The van der Waals surface area contributed by atoms with Crippen LogP contribution in [-0.4, -0.2) is 20.5 Å². The summed E-state index contributed by atoms with van der Waals surface area (Å²) < 4.78 is 8.65. The van der Waals surface area contributed by atoms with Crippen molar-refractivity contribution in [1.29, 1.82) is 0 Å². The molecular weight excluding hydrogens is 420 g/mol. The van der Waals surface area contributed by atoms with E-state index >= 15 is 0 Å². The van der Waals surface area contributed by atoms with Crippen molar-refractivity contribution in [3.8, 4) is 5.75 Å². The molecule has 0 fully saturated rings. The smallest absolute Gasteiger partial charge is 0.226 e. The molecular formula is C21H19BrN4O2. The average molecular weight is 439 g/mol. The molecule has 3 aromatic rings. The van der Waals surface area contributed by atoms with Crippen LogP contribution in [0.3, 0.4) is 0 Å². The molecule has 0 spiro atoms. The van der Waals surface area contributed by atoms with Gasteiger partial charge < -0.3 is 10.1 Å². The van der Waals surface area contributed by atoms with Gasteiger partial charge in [-0.1, -0.05) is 40.2 Å². The Balaban J connectivity index is 1.58. The number of hydrogen-bond donors (Lipinski definition) is 1. The monoisotopic (exact) mass is 438 g/mol. The van der Waals surface area contributed by atoms with Crippen LogP contribution in [0, 0.1) is 0 Å². The van der Waals surface area contributed by atoms with Gasteiger partial charge in [0.2, 0.25) is 5.95 Å². The van der Waals surface area contributed by atoms with Gasteiger partial charge in [0.15, 0.2) is 5.78 Å². The topological polar surface area (TPSA) is 69.0 Å². The summed E-state index contributed by atoms with van der Waals surface area (Å²) in [5, 5.41) is 7.45. The summed E-state index contributed by atoms with van der Waals surface area (Å²) in [6.07, 6.45) is 1.49. The Hall–Kier alpha value is -2.93. The number of anilines is 1. The molecule has 4 rings (SSSR count). The van der Waals surface area contributed by atoms with E-state index in [1.807, 2.05) is 55.5 Å². The fraction of sp³-hybridized carbons (Fsp3) is 0.190. The van der Waals surface area contributed by atoms with Crippen LogP contribution in [0.2, 0.25) is 0 Å². The summed E-state index contributed by atoms with van der Waals surface area (Å²) in [7, 11) is 0. The average Bonchev–Trinajstić information content (AvgIpc) is 3.13. The minimum Gasteiger partial charge on any atom is -0.489 e. The largest absolute Gasteiger partial charge is 0.489 e. The van der Waals surface area contributed by atoms with Gasteiger partial charge in [0.1, 0.15) is 24.7 Å². The Kier molecular flexibility index (Phi) is 5.00. The van der Waals surface area contributed by atoms with Crippen LogP contribution in [0.25, 0.3) is 0 Å². The molecule has 28 heavy (non-hydrogen) atoms. The number of halogens is 1. The fourth-order valence-electron chi connectivity index (χ4n) is 3.40. The van der Waals surface area contributed by atoms with Crippen LogP contribution in [-0.2, 0) is 11.4 Å². The number of carbonyl (C=O) groups is 1. The Labute approximate surface area is 171 Å². The van der Waals surface area contributed by atoms with E-state index in [0.717, 1.165) is 27.0 Å². The van der Waals surface area contributed by atoms with Gasteiger partial charge in [0.05, 0.1) is 0 Å². The van der Waals surface area contributed by atoms with E-state index in [1.54, 1.807) is 11.6 Å². The number of ketones is 1. The third kappa shape index (κ3) is 3.57. The molecule has 0 amide bonds. The number of allylic oxidation sites excluding steroid dienone is 2. The maximum Gasteiger partial charge on any atom is 0.226 e. The second kappa shape index (κ2) is 7.59. The zero-order chi connectivity index (χ0) is 19.7. The quantitative estimate of drug-likeness (QED) is 0.634. The fourth-order valence-corrected chi connectivity index (χ4v) is 3.84. The molecule has 0 bridgehead atoms. The number of ether oxygens (including phenoxy) is 1. The van der Waals surface area contributed by atoms with Crippen molar-refractivity contribution < 1.29 is 9.53 Å². The molecule has 0 radical (unpaired) electrons. The number of rotatable bonds is 5. The maximum absolute atomic E-state index is 12.3. The highest BCUT2D eigenvalue weighted by molar-refractivity contribution is 9.10. The molecule has 1 N–H and O–H groups in total. The van der Waals surface area contributed by atoms with E-state index in [9.17, 15) is 4.79 Å². The van der Waals surface area contributed by atoms with Crippen molar-refractivity contribution in [1.82, 2.24) is 14.8 Å². The summed E-state index contributed by atoms with van der Waals surface area (Å²) in [6.45, 7) is 3.94. The number of hydrogen-bond acceptors (Lipinski definition) is 5. The van der Waals surface area contributed by atoms with E-state index in [4.69, 9.17) is 4.74 Å². The van der Waals surface area contributed by atoms with E-state index in [-0.39, 0.29) is 11.8 Å². The number of nitrogens with zero attached hydrogens (tertiary/aromatic N) is 3. The maximum atomic E-state index is 12.3. The van der Waals surface area contributed by atoms with Crippen molar-refractivity contribution >= 4 is 27.7 Å². The van der Waals surface area contributed by atoms with Crippen LogP contribution in [0.1, 0.15) is 31.0 Å². The molecule has 0 saturated heterocycles. The molecule has 7 heteroatoms. The first kappa shape index (κ1) is 18.4. The third-order valence-electron chi connectivity index (χ3n) is 4.66. The van der Waals surface area contributed by atoms with Crippen molar-refractivity contribution in [2.24, 2.45) is 0 Å². The summed E-state index contributed by atoms with van der Waals surface area (Å²) in [5.74, 6) is 1.40. The number of nitrogens with one attached hydrogen (secondary N) is 1. The van der Waals surface area contributed by atoms with Gasteiger partial charge in [-0.3, -0.25) is 4.79 Å². The van der Waals surface area contributed by atoms with Crippen LogP contribution in [0.15, 0.2) is 70.6 Å². The van der Waals surface area contributed by atoms with Crippen LogP contribution < -0.4 is 10.1 Å². The minimum atomic E-state index is -0.310. The molecule has 6 nitrogen and oxygen atoms in total. The Morgan fingerprint density at radius 1 is 1.25 bits per heavy atom. The molecule has 1 unspecified atom stereocenters. The number of benzene rings is 2. The zero-order valence-corrected chi connectivity index (χ0v) is 17.1. The molecule has 0 saturated carbocycles. The van der Waals surface area contributed by atoms with Crippen molar-refractivity contribution in [3.63, 3.8) is 0 Å². The first-order valence-electron chi connectivity index (χ1n) is 8.88. The van der Waals surface area contributed by atoms with Crippen molar-refractivity contribution in [2.75, 3.05) is 5.32 Å². The summed E-state index contributed by atoms with van der Waals surface area (Å²) in [6, 6.07) is 15.5. The number of Topliss-reactive ketones (excluding diaryl/α,β-unsaturated/α-hetero) is 1. The summed E-state index contributed by atoms with van der Waals surface area (Å²) in [5.41, 5.74) is 3.52. The number of aromatic nitrogens is 3. The lowest BCUT2D eigenvalue weighted by Crippen LogP contribution is -2.27. The molecule has 142 valence electrons. The van der Waals surface area contributed by atoms with E-state index in [0.29, 0.717) is 18.1 Å². The first-order chi connectivity index (χ1) is 13.5. The van der Waals surface area contributed by atoms with Gasteiger partial charge in [0, 0.05) is 15.7 Å². The van der Waals surface area contributed by atoms with Crippen LogP contribution >= 0.6 is 15.9 Å². The van der Waals surface area contributed by atoms with E-state index < -0.39 is 0 Å². The highest BCUT2D eigenvalue weighted by atomic mass is 79.9. The SMILES string of the molecule is CC(=O)C1=C(C)Nc2ncnn2C1c1ccc(OCc2cccc(Br)c2)cc1. The van der Waals surface area contributed by atoms with Crippen LogP contribution in [0.4, 0.5) is 5.95 Å². The highest BCUT2D eigenvalue weighted by Gasteiger charge is 2.31. The molecule has 1 aromatic heterocycles. The predicted molar refractivity (Wildman–Crippen MR) is 110 cm³/mol. The van der Waals surface area contributed by atoms with Gasteiger partial charge in [-0.2, -0.15) is 10.1 Å². The minimum absolute atomic E-state index is 0.00568. The summed E-state index contributed by atoms with van der Waals surface area (Å²) in [4.78, 5) is 16.5. The molecule has 2 aromatic carbocycles. The lowest BCUT2D eigenvalue weighted by Gasteiger charge is -2.28. The standard InChI is InChI=1S/C21H19BrN4O2/c1-13-19(14(2)27)20(26-21(25-13)23-12-24-26)16-6-8-18(9-7-16)28-11-15-4-3-5-17(22)10-15/h3-10,12,20H,11H2,1-2H3,(H,23,24,25). The number of carbonyl (C=O) groups excluding carboxylic acids is 1. The Bertz CT molecular complexity index is 1060. The first-order valence-corrected chi connectivity index (χ1v) is 9.67. The van der Waals surface area contributed by atoms with E-state index in [2.05, 4.69) is 31.3 Å². The highest BCUT2D eigenvalue weighted by Crippen LogP contribution is 2.35. The van der Waals surface area contributed by atoms with Gasteiger partial charge in [-0.15, -0.1) is 0 Å². The second-order valence-electron chi connectivity index (χ2n) is 6.64. The van der Waals surface area contributed by atoms with Crippen molar-refractivity contribution in [3.05, 3.63) is 81.7 Å². The molecule has 0 aliphatic carbocycles. The molecule has 2 heterocycles. The normalized spacial score (nSPS) is 15.8. The molecule has 1 aliphatic heterocycles. The summed E-state index contributed by atoms with van der Waals surface area (Å²) >= 11 is 3.47. The van der Waals surface area contributed by atoms with Gasteiger partial charge in [-0.05, 0) is 49.2 Å². The van der Waals surface area contributed by atoms with Crippen molar-refractivity contribution in [2.45, 2.75) is 26.5 Å². The lowest BCUT2D eigenvalue weighted by molar-refractivity contribution is -0.114. The third-order valence-corrected chi connectivity index (χ3v) is 5.16. The Morgan fingerprint density at radius 2 is 2.04 bits per heavy atom. The molecule has 1 atom stereocenters. The Morgan fingerprint density at radius 3 is 2.75 bits per heavy atom. The number of fused-ring (bicyclic) bond motifs is 1. The predicted octanol–water partition coefficient (Wildman–Crippen LogP) is 4.50. The van der Waals surface area contributed by atoms with Gasteiger partial charge in [0.25, 0.3) is 0 Å². The van der Waals surface area contributed by atoms with Gasteiger partial charge >= 0.3 is 0 Å². The van der Waals surface area contributed by atoms with Gasteiger partial charge in [-0.25, -0.2) is 4.68 Å². The lowest BCUT2D eigenvalue weighted by atomic mass is 9.93. The van der Waals surface area contributed by atoms with E-state index in [1.165, 1.54) is 6.33 Å². The second-order valence-corrected chi connectivity index (χ2v) is 7.55. The molecule has 1 aliphatic rings. The van der Waals surface area contributed by atoms with Crippen LogP contribution in [0.5, 0.6) is 5.75 Å². The zero-order valence-electron chi connectivity index (χ0n) is 15.5.